The van der Waals surface area contributed by atoms with Crippen LogP contribution in [0.2, 0.25) is 5.02 Å². The van der Waals surface area contributed by atoms with Crippen molar-refractivity contribution in [2.24, 2.45) is 0 Å². The van der Waals surface area contributed by atoms with Gasteiger partial charge in [0, 0.05) is 28.9 Å². The first-order valence-corrected chi connectivity index (χ1v) is 13.2. The SMILES string of the molecule is Cc1cc(Cl)ccc1-c1cccc(CCC[C@H]2CCOC(=O)N2CCCc2ccc(C(=O)O)s2)c1. The van der Waals surface area contributed by atoms with Gasteiger partial charge in [-0.1, -0.05) is 41.9 Å². The zero-order chi connectivity index (χ0) is 24.8. The summed E-state index contributed by atoms with van der Waals surface area (Å²) in [6.07, 6.45) is 5.02. The third kappa shape index (κ3) is 6.65. The molecule has 7 heteroatoms. The Labute approximate surface area is 215 Å². The fraction of sp³-hybridized carbons (Fsp3) is 0.357. The molecule has 1 aromatic heterocycles. The fourth-order valence-electron chi connectivity index (χ4n) is 4.68. The van der Waals surface area contributed by atoms with E-state index in [0.717, 1.165) is 54.0 Å². The minimum atomic E-state index is -0.894. The average Bonchev–Trinajstić information content (AvgIpc) is 3.30. The molecule has 0 saturated carbocycles. The minimum Gasteiger partial charge on any atom is -0.477 e. The molecular formula is C28H30ClNO4S. The van der Waals surface area contributed by atoms with Gasteiger partial charge in [0.15, 0.2) is 0 Å². The molecule has 1 aliphatic rings. The number of ether oxygens (including phenoxy) is 1. The Morgan fingerprint density at radius 1 is 1.14 bits per heavy atom. The number of halogens is 1. The maximum atomic E-state index is 12.5. The lowest BCUT2D eigenvalue weighted by Crippen LogP contribution is -2.46. The van der Waals surface area contributed by atoms with E-state index < -0.39 is 5.97 Å². The Balaban J connectivity index is 1.31. The lowest BCUT2D eigenvalue weighted by molar-refractivity contribution is 0.0408. The molecule has 3 aromatic rings. The monoisotopic (exact) mass is 511 g/mol. The smallest absolute Gasteiger partial charge is 0.410 e. The van der Waals surface area contributed by atoms with Crippen molar-refractivity contribution in [2.75, 3.05) is 13.2 Å². The summed E-state index contributed by atoms with van der Waals surface area (Å²) in [5.74, 6) is -0.894. The van der Waals surface area contributed by atoms with Crippen LogP contribution in [0.25, 0.3) is 11.1 Å². The second-order valence-electron chi connectivity index (χ2n) is 8.98. The summed E-state index contributed by atoms with van der Waals surface area (Å²) in [7, 11) is 0. The largest absolute Gasteiger partial charge is 0.477 e. The highest BCUT2D eigenvalue weighted by Crippen LogP contribution is 2.28. The van der Waals surface area contributed by atoms with Crippen LogP contribution in [0, 0.1) is 6.92 Å². The van der Waals surface area contributed by atoms with E-state index in [9.17, 15) is 9.59 Å². The minimum absolute atomic E-state index is 0.177. The quantitative estimate of drug-likeness (QED) is 0.311. The molecule has 1 fully saturated rings. The zero-order valence-electron chi connectivity index (χ0n) is 19.8. The van der Waals surface area contributed by atoms with E-state index in [4.69, 9.17) is 21.4 Å². The van der Waals surface area contributed by atoms with E-state index in [1.54, 1.807) is 6.07 Å². The van der Waals surface area contributed by atoms with E-state index >= 15 is 0 Å². The van der Waals surface area contributed by atoms with E-state index in [-0.39, 0.29) is 12.1 Å². The Morgan fingerprint density at radius 2 is 2.00 bits per heavy atom. The molecule has 0 unspecified atom stereocenters. The van der Waals surface area contributed by atoms with Crippen molar-refractivity contribution in [3.8, 4) is 11.1 Å². The summed E-state index contributed by atoms with van der Waals surface area (Å²) < 4.78 is 5.31. The number of carbonyl (C=O) groups excluding carboxylic acids is 1. The van der Waals surface area contributed by atoms with Crippen molar-refractivity contribution in [3.63, 3.8) is 0 Å². The topological polar surface area (TPSA) is 66.8 Å². The van der Waals surface area contributed by atoms with Crippen molar-refractivity contribution in [2.45, 2.75) is 51.5 Å². The number of hydrogen-bond donors (Lipinski definition) is 1. The van der Waals surface area contributed by atoms with Gasteiger partial charge >= 0.3 is 12.1 Å². The van der Waals surface area contributed by atoms with E-state index in [0.29, 0.717) is 18.0 Å². The molecular weight excluding hydrogens is 482 g/mol. The number of hydrogen-bond acceptors (Lipinski definition) is 4. The fourth-order valence-corrected chi connectivity index (χ4v) is 5.80. The third-order valence-corrected chi connectivity index (χ3v) is 7.84. The number of aryl methyl sites for hydroxylation is 3. The van der Waals surface area contributed by atoms with Crippen LogP contribution >= 0.6 is 22.9 Å². The van der Waals surface area contributed by atoms with Crippen LogP contribution in [-0.4, -0.2) is 41.3 Å². The lowest BCUT2D eigenvalue weighted by atomic mass is 9.96. The number of carboxylic acids is 1. The standard InChI is InChI=1S/C28H30ClNO4S/c1-19-17-22(29)10-12-25(19)21-7-2-5-20(18-21)6-3-8-23-14-16-34-28(33)30(23)15-4-9-24-11-13-26(35-24)27(31)32/h2,5,7,10-13,17-18,23H,3-4,6,8-9,14-16H2,1H3,(H,31,32)/t23-/m0/s1. The maximum Gasteiger partial charge on any atom is 0.410 e. The summed E-state index contributed by atoms with van der Waals surface area (Å²) in [5, 5.41) is 9.84. The Morgan fingerprint density at radius 3 is 2.77 bits per heavy atom. The molecule has 1 aliphatic heterocycles. The van der Waals surface area contributed by atoms with Crippen LogP contribution in [0.5, 0.6) is 0 Å². The first-order valence-electron chi connectivity index (χ1n) is 12.0. The molecule has 0 bridgehead atoms. The van der Waals surface area contributed by atoms with Crippen LogP contribution in [0.15, 0.2) is 54.6 Å². The second-order valence-corrected chi connectivity index (χ2v) is 10.6. The molecule has 2 heterocycles. The highest BCUT2D eigenvalue weighted by atomic mass is 35.5. The molecule has 0 spiro atoms. The van der Waals surface area contributed by atoms with Gasteiger partial charge in [-0.3, -0.25) is 0 Å². The van der Waals surface area contributed by atoms with Crippen molar-refractivity contribution in [1.29, 1.82) is 0 Å². The highest BCUT2D eigenvalue weighted by Gasteiger charge is 2.28. The molecule has 1 atom stereocenters. The molecule has 2 aromatic carbocycles. The van der Waals surface area contributed by atoms with E-state index in [1.807, 2.05) is 23.1 Å². The molecule has 1 saturated heterocycles. The number of rotatable bonds is 10. The Bertz CT molecular complexity index is 1190. The number of amides is 1. The van der Waals surface area contributed by atoms with Gasteiger partial charge in [-0.2, -0.15) is 0 Å². The number of aromatic carboxylic acids is 1. The van der Waals surface area contributed by atoms with Crippen LogP contribution in [0.3, 0.4) is 0 Å². The van der Waals surface area contributed by atoms with Gasteiger partial charge in [-0.15, -0.1) is 11.3 Å². The normalized spacial score (nSPS) is 15.8. The van der Waals surface area contributed by atoms with Gasteiger partial charge in [0.05, 0.1) is 6.61 Å². The second kappa shape index (κ2) is 11.7. The van der Waals surface area contributed by atoms with Gasteiger partial charge < -0.3 is 14.7 Å². The first kappa shape index (κ1) is 25.3. The van der Waals surface area contributed by atoms with Gasteiger partial charge in [-0.05, 0) is 85.5 Å². The molecule has 0 radical (unpaired) electrons. The average molecular weight is 512 g/mol. The molecule has 1 amide bonds. The number of nitrogens with zero attached hydrogens (tertiary/aromatic N) is 1. The third-order valence-electron chi connectivity index (χ3n) is 6.48. The number of benzene rings is 2. The number of thiophene rings is 1. The molecule has 184 valence electrons. The van der Waals surface area contributed by atoms with Crippen LogP contribution in [0.1, 0.15) is 51.4 Å². The summed E-state index contributed by atoms with van der Waals surface area (Å²) in [5.41, 5.74) is 4.83. The molecule has 4 rings (SSSR count). The zero-order valence-corrected chi connectivity index (χ0v) is 21.4. The molecule has 0 aliphatic carbocycles. The van der Waals surface area contributed by atoms with Gasteiger partial charge in [0.2, 0.25) is 0 Å². The summed E-state index contributed by atoms with van der Waals surface area (Å²) >= 11 is 7.42. The van der Waals surface area contributed by atoms with E-state index in [2.05, 4.69) is 37.3 Å². The summed E-state index contributed by atoms with van der Waals surface area (Å²) in [4.78, 5) is 26.8. The number of cyclic esters (lactones) is 1. The molecule has 35 heavy (non-hydrogen) atoms. The molecule has 5 nitrogen and oxygen atoms in total. The van der Waals surface area contributed by atoms with Crippen LogP contribution in [0.4, 0.5) is 4.79 Å². The van der Waals surface area contributed by atoms with Crippen molar-refractivity contribution in [1.82, 2.24) is 4.90 Å². The predicted molar refractivity (Wildman–Crippen MR) is 141 cm³/mol. The van der Waals surface area contributed by atoms with E-state index in [1.165, 1.54) is 28.0 Å². The number of carbonyl (C=O) groups is 2. The van der Waals surface area contributed by atoms with Gasteiger partial charge in [0.1, 0.15) is 4.88 Å². The van der Waals surface area contributed by atoms with Crippen LogP contribution < -0.4 is 0 Å². The first-order chi connectivity index (χ1) is 16.9. The predicted octanol–water partition coefficient (Wildman–Crippen LogP) is 7.24. The summed E-state index contributed by atoms with van der Waals surface area (Å²) in [6.45, 7) is 3.17. The maximum absolute atomic E-state index is 12.5. The summed E-state index contributed by atoms with van der Waals surface area (Å²) in [6, 6.07) is 18.3. The van der Waals surface area contributed by atoms with Crippen molar-refractivity contribution in [3.05, 3.63) is 80.5 Å². The Hall–Kier alpha value is -2.83. The van der Waals surface area contributed by atoms with Crippen molar-refractivity contribution >= 4 is 35.0 Å². The lowest BCUT2D eigenvalue weighted by Gasteiger charge is -2.35. The highest BCUT2D eigenvalue weighted by molar-refractivity contribution is 7.13. The van der Waals surface area contributed by atoms with Gasteiger partial charge in [-0.25, -0.2) is 9.59 Å². The van der Waals surface area contributed by atoms with Crippen LogP contribution in [-0.2, 0) is 17.6 Å². The van der Waals surface area contributed by atoms with Gasteiger partial charge in [0.25, 0.3) is 0 Å². The number of carboxylic acid groups (broad SMARTS) is 1. The molecule has 1 N–H and O–H groups in total. The van der Waals surface area contributed by atoms with Crippen molar-refractivity contribution < 1.29 is 19.4 Å². The Kier molecular flexibility index (Phi) is 8.47.